The standard InChI is InChI=1S/C9H14N4O2Si/c10-8(14)12-16(13-9(11)15)6-7-4-2-1-3-5-7/h1-5,16H,6H2,(H3,10,12,14)(H3,11,13,15). The van der Waals surface area contributed by atoms with E-state index in [0.29, 0.717) is 6.04 Å². The van der Waals surface area contributed by atoms with Crippen LogP contribution in [0.3, 0.4) is 0 Å². The second kappa shape index (κ2) is 5.76. The van der Waals surface area contributed by atoms with Crippen molar-refractivity contribution in [2.45, 2.75) is 6.04 Å². The third-order valence-electron chi connectivity index (χ3n) is 1.92. The SMILES string of the molecule is NC(=O)N[SiH](Cc1ccccc1)NC(N)=O. The van der Waals surface area contributed by atoms with Crippen molar-refractivity contribution < 1.29 is 9.59 Å². The van der Waals surface area contributed by atoms with Crippen molar-refractivity contribution in [1.82, 2.24) is 9.96 Å². The summed E-state index contributed by atoms with van der Waals surface area (Å²) in [5.74, 6) is 0. The molecule has 0 aliphatic heterocycles. The third kappa shape index (κ3) is 4.47. The smallest absolute Gasteiger partial charge is 0.305 e. The van der Waals surface area contributed by atoms with Gasteiger partial charge in [-0.05, 0) is 5.56 Å². The number of carbonyl (C=O) groups excluding carboxylic acids is 2. The number of hydrogen-bond donors (Lipinski definition) is 4. The van der Waals surface area contributed by atoms with E-state index in [2.05, 4.69) is 9.96 Å². The second-order valence-electron chi connectivity index (χ2n) is 3.26. The summed E-state index contributed by atoms with van der Waals surface area (Å²) in [5, 5.41) is 0. The molecule has 0 aromatic heterocycles. The molecule has 0 atom stereocenters. The highest BCUT2D eigenvalue weighted by Gasteiger charge is 2.15. The lowest BCUT2D eigenvalue weighted by atomic mass is 10.2. The molecule has 0 spiro atoms. The number of rotatable bonds is 4. The first-order valence-electron chi connectivity index (χ1n) is 4.74. The average Bonchev–Trinajstić information content (AvgIpc) is 2.16. The maximum atomic E-state index is 10.7. The van der Waals surface area contributed by atoms with E-state index in [4.69, 9.17) is 11.5 Å². The minimum Gasteiger partial charge on any atom is -0.352 e. The van der Waals surface area contributed by atoms with Crippen molar-refractivity contribution in [2.24, 2.45) is 11.5 Å². The fourth-order valence-corrected chi connectivity index (χ4v) is 3.04. The number of benzene rings is 1. The molecule has 1 rings (SSSR count). The van der Waals surface area contributed by atoms with Crippen LogP contribution >= 0.6 is 0 Å². The van der Waals surface area contributed by atoms with Crippen LogP contribution in [0.25, 0.3) is 0 Å². The number of urea groups is 2. The van der Waals surface area contributed by atoms with E-state index in [1.54, 1.807) is 0 Å². The third-order valence-corrected chi connectivity index (χ3v) is 4.06. The van der Waals surface area contributed by atoms with Gasteiger partial charge in [0.15, 0.2) is 0 Å². The van der Waals surface area contributed by atoms with E-state index >= 15 is 0 Å². The van der Waals surface area contributed by atoms with Gasteiger partial charge in [0.05, 0.1) is 0 Å². The minimum absolute atomic E-state index is 0.562. The maximum Gasteiger partial charge on any atom is 0.305 e. The molecule has 0 bridgehead atoms. The Bertz CT molecular complexity index is 355. The summed E-state index contributed by atoms with van der Waals surface area (Å²) in [6.45, 7) is 0. The Kier molecular flexibility index (Phi) is 4.34. The fourth-order valence-electron chi connectivity index (χ4n) is 1.33. The molecule has 0 heterocycles. The van der Waals surface area contributed by atoms with Gasteiger partial charge >= 0.3 is 12.1 Å². The van der Waals surface area contributed by atoms with Crippen LogP contribution in [0.1, 0.15) is 5.56 Å². The summed E-state index contributed by atoms with van der Waals surface area (Å²) in [6.07, 6.45) is 0. The lowest BCUT2D eigenvalue weighted by molar-refractivity contribution is 0.252. The summed E-state index contributed by atoms with van der Waals surface area (Å²) in [4.78, 5) is 26.5. The number of nitrogens with two attached hydrogens (primary N) is 2. The van der Waals surface area contributed by atoms with Gasteiger partial charge in [-0.2, -0.15) is 0 Å². The fraction of sp³-hybridized carbons (Fsp3) is 0.111. The molecule has 1 aromatic carbocycles. The summed E-state index contributed by atoms with van der Waals surface area (Å²) < 4.78 is 0. The highest BCUT2D eigenvalue weighted by Crippen LogP contribution is 1.99. The van der Waals surface area contributed by atoms with Gasteiger partial charge in [0.2, 0.25) is 0 Å². The molecule has 0 aliphatic rings. The molecule has 1 aromatic rings. The van der Waals surface area contributed by atoms with Crippen LogP contribution in [0.15, 0.2) is 30.3 Å². The van der Waals surface area contributed by atoms with Crippen molar-refractivity contribution in [2.75, 3.05) is 0 Å². The van der Waals surface area contributed by atoms with Gasteiger partial charge in [-0.3, -0.25) is 0 Å². The molecule has 0 unspecified atom stereocenters. The monoisotopic (exact) mass is 238 g/mol. The van der Waals surface area contributed by atoms with E-state index < -0.39 is 21.2 Å². The first-order chi connectivity index (χ1) is 7.58. The van der Waals surface area contributed by atoms with Crippen LogP contribution in [-0.2, 0) is 6.04 Å². The lowest BCUT2D eigenvalue weighted by Gasteiger charge is -2.15. The Morgan fingerprint density at radius 1 is 1.06 bits per heavy atom. The van der Waals surface area contributed by atoms with E-state index in [9.17, 15) is 9.59 Å². The Hall–Kier alpha value is -2.02. The van der Waals surface area contributed by atoms with Crippen molar-refractivity contribution in [3.63, 3.8) is 0 Å². The molecule has 4 amide bonds. The molecule has 0 aliphatic carbocycles. The quantitative estimate of drug-likeness (QED) is 0.521. The predicted molar refractivity (Wildman–Crippen MR) is 62.7 cm³/mol. The van der Waals surface area contributed by atoms with Gasteiger partial charge in [0.25, 0.3) is 9.12 Å². The summed E-state index contributed by atoms with van der Waals surface area (Å²) in [7, 11) is -2.03. The number of carbonyl (C=O) groups is 2. The highest BCUT2D eigenvalue weighted by atomic mass is 28.3. The van der Waals surface area contributed by atoms with Crippen molar-refractivity contribution in [3.8, 4) is 0 Å². The van der Waals surface area contributed by atoms with Crippen LogP contribution in [0.5, 0.6) is 0 Å². The Labute approximate surface area is 94.8 Å². The molecule has 0 saturated heterocycles. The van der Waals surface area contributed by atoms with Crippen LogP contribution in [0.2, 0.25) is 0 Å². The minimum atomic E-state index is -2.03. The topological polar surface area (TPSA) is 110 Å². The van der Waals surface area contributed by atoms with Gasteiger partial charge in [-0.25, -0.2) is 9.59 Å². The van der Waals surface area contributed by atoms with Crippen molar-refractivity contribution in [3.05, 3.63) is 35.9 Å². The largest absolute Gasteiger partial charge is 0.352 e. The molecule has 86 valence electrons. The number of hydrogen-bond acceptors (Lipinski definition) is 2. The predicted octanol–water partition coefficient (Wildman–Crippen LogP) is -0.675. The normalized spacial score (nSPS) is 9.81. The average molecular weight is 238 g/mol. The van der Waals surface area contributed by atoms with Crippen LogP contribution in [0, 0.1) is 0 Å². The zero-order valence-electron chi connectivity index (χ0n) is 8.64. The molecule has 0 fully saturated rings. The Balaban J connectivity index is 2.63. The number of nitrogens with one attached hydrogen (secondary N) is 2. The molecular formula is C9H14N4O2Si. The summed E-state index contributed by atoms with van der Waals surface area (Å²) in [5.41, 5.74) is 11.0. The molecule has 7 heteroatoms. The first-order valence-corrected chi connectivity index (χ1v) is 6.71. The first kappa shape index (κ1) is 12.0. The van der Waals surface area contributed by atoms with Crippen LogP contribution in [0.4, 0.5) is 9.59 Å². The van der Waals surface area contributed by atoms with Crippen molar-refractivity contribution >= 4 is 21.2 Å². The molecule has 16 heavy (non-hydrogen) atoms. The number of primary amides is 2. The molecule has 0 saturated carbocycles. The maximum absolute atomic E-state index is 10.7. The zero-order chi connectivity index (χ0) is 12.0. The van der Waals surface area contributed by atoms with Crippen molar-refractivity contribution in [1.29, 1.82) is 0 Å². The summed E-state index contributed by atoms with van der Waals surface area (Å²) >= 11 is 0. The molecular weight excluding hydrogens is 224 g/mol. The summed E-state index contributed by atoms with van der Waals surface area (Å²) in [6, 6.07) is 8.74. The van der Waals surface area contributed by atoms with Gasteiger partial charge in [0.1, 0.15) is 0 Å². The highest BCUT2D eigenvalue weighted by molar-refractivity contribution is 6.58. The van der Waals surface area contributed by atoms with Crippen LogP contribution in [-0.4, -0.2) is 21.2 Å². The molecule has 0 radical (unpaired) electrons. The zero-order valence-corrected chi connectivity index (χ0v) is 9.80. The Morgan fingerprint density at radius 2 is 1.56 bits per heavy atom. The van der Waals surface area contributed by atoms with Crippen LogP contribution < -0.4 is 21.4 Å². The van der Waals surface area contributed by atoms with E-state index in [1.165, 1.54) is 0 Å². The van der Waals surface area contributed by atoms with Gasteiger partial charge in [-0.15, -0.1) is 0 Å². The van der Waals surface area contributed by atoms with Gasteiger partial charge in [-0.1, -0.05) is 30.3 Å². The number of amides is 4. The lowest BCUT2D eigenvalue weighted by Crippen LogP contribution is -2.56. The van der Waals surface area contributed by atoms with E-state index in [1.807, 2.05) is 30.3 Å². The second-order valence-corrected chi connectivity index (χ2v) is 5.35. The van der Waals surface area contributed by atoms with E-state index in [0.717, 1.165) is 5.56 Å². The van der Waals surface area contributed by atoms with Gasteiger partial charge in [0, 0.05) is 6.04 Å². The van der Waals surface area contributed by atoms with Gasteiger partial charge < -0.3 is 21.4 Å². The van der Waals surface area contributed by atoms with E-state index in [-0.39, 0.29) is 0 Å². The molecule has 6 nitrogen and oxygen atoms in total. The Morgan fingerprint density at radius 3 is 2.00 bits per heavy atom. The molecule has 6 N–H and O–H groups in total.